The molecule has 2 atom stereocenters. The van der Waals surface area contributed by atoms with Crippen molar-refractivity contribution in [3.8, 4) is 0 Å². The predicted molar refractivity (Wildman–Crippen MR) is 43.4 cm³/mol. The van der Waals surface area contributed by atoms with Gasteiger partial charge in [0.1, 0.15) is 0 Å². The summed E-state index contributed by atoms with van der Waals surface area (Å²) in [4.78, 5) is 0. The van der Waals surface area contributed by atoms with Crippen molar-refractivity contribution in [2.75, 3.05) is 0 Å². The molecule has 0 aliphatic heterocycles. The lowest BCUT2D eigenvalue weighted by Crippen LogP contribution is -2.02. The monoisotopic (exact) mass is 130 g/mol. The average Bonchev–Trinajstić information content (AvgIpc) is 1.84. The Morgan fingerprint density at radius 1 is 1.25 bits per heavy atom. The van der Waals surface area contributed by atoms with E-state index in [-0.39, 0.29) is 0 Å². The summed E-state index contributed by atoms with van der Waals surface area (Å²) in [6.45, 7) is 6.94. The lowest BCUT2D eigenvalue weighted by Gasteiger charge is -2.14. The van der Waals surface area contributed by atoms with Gasteiger partial charge in [0.2, 0.25) is 0 Å². The van der Waals surface area contributed by atoms with Gasteiger partial charge in [-0.2, -0.15) is 0 Å². The zero-order valence-electron chi connectivity index (χ0n) is 6.57. The van der Waals surface area contributed by atoms with Gasteiger partial charge in [-0.1, -0.05) is 39.2 Å². The molecule has 8 heavy (non-hydrogen) atoms. The largest absolute Gasteiger partial charge is 0.0654 e. The Kier molecular flexibility index (Phi) is 4.24. The van der Waals surface area contributed by atoms with Crippen molar-refractivity contribution < 1.29 is 0 Å². The van der Waals surface area contributed by atoms with Gasteiger partial charge < -0.3 is 0 Å². The van der Waals surface area contributed by atoms with E-state index in [4.69, 9.17) is 0 Å². The molecule has 2 unspecified atom stereocenters. The predicted octanol–water partition coefficient (Wildman–Crippen LogP) is 1.60. The third-order valence-corrected chi connectivity index (χ3v) is 4.21. The topological polar surface area (TPSA) is 0 Å². The SMILES string of the molecule is CCC(C)C([SiH3])CC. The van der Waals surface area contributed by atoms with Crippen LogP contribution >= 0.6 is 0 Å². The summed E-state index contributed by atoms with van der Waals surface area (Å²) in [6, 6.07) is 0. The van der Waals surface area contributed by atoms with Gasteiger partial charge in [0.15, 0.2) is 0 Å². The van der Waals surface area contributed by atoms with Gasteiger partial charge in [0.05, 0.1) is 0 Å². The van der Waals surface area contributed by atoms with Crippen molar-refractivity contribution in [3.05, 3.63) is 0 Å². The Hall–Kier alpha value is 0.217. The van der Waals surface area contributed by atoms with Crippen LogP contribution in [0.2, 0.25) is 5.54 Å². The van der Waals surface area contributed by atoms with Gasteiger partial charge in [-0.05, 0) is 5.92 Å². The highest BCUT2D eigenvalue weighted by Gasteiger charge is 2.05. The van der Waals surface area contributed by atoms with Gasteiger partial charge in [0.25, 0.3) is 0 Å². The molecule has 0 bridgehead atoms. The smallest absolute Gasteiger partial charge is 0.00705 e. The van der Waals surface area contributed by atoms with E-state index in [1.165, 1.54) is 23.1 Å². The molecule has 0 amide bonds. The summed E-state index contributed by atoms with van der Waals surface area (Å²) in [5.74, 6) is 0.978. The maximum absolute atomic E-state index is 2.36. The summed E-state index contributed by atoms with van der Waals surface area (Å²) >= 11 is 0. The molecule has 50 valence electrons. The van der Waals surface area contributed by atoms with E-state index in [0.29, 0.717) is 0 Å². The van der Waals surface area contributed by atoms with Gasteiger partial charge in [-0.25, -0.2) is 0 Å². The lowest BCUT2D eigenvalue weighted by molar-refractivity contribution is 0.509. The first-order chi connectivity index (χ1) is 3.72. The van der Waals surface area contributed by atoms with E-state index in [1.807, 2.05) is 0 Å². The molecule has 0 saturated heterocycles. The zero-order chi connectivity index (χ0) is 6.57. The van der Waals surface area contributed by atoms with Gasteiger partial charge in [-0.15, -0.1) is 0 Å². The highest BCUT2D eigenvalue weighted by Crippen LogP contribution is 2.19. The van der Waals surface area contributed by atoms with Crippen LogP contribution in [0.4, 0.5) is 0 Å². The number of hydrogen-bond acceptors (Lipinski definition) is 0. The van der Waals surface area contributed by atoms with Crippen LogP contribution in [0.1, 0.15) is 33.6 Å². The second kappa shape index (κ2) is 4.13. The average molecular weight is 130 g/mol. The minimum atomic E-state index is 0.978. The summed E-state index contributed by atoms with van der Waals surface area (Å²) in [7, 11) is 1.38. The molecule has 0 radical (unpaired) electrons. The lowest BCUT2D eigenvalue weighted by atomic mass is 10.0. The molecule has 0 fully saturated rings. The van der Waals surface area contributed by atoms with Gasteiger partial charge in [-0.3, -0.25) is 0 Å². The normalized spacial score (nSPS) is 18.4. The fourth-order valence-corrected chi connectivity index (χ4v) is 1.28. The van der Waals surface area contributed by atoms with Crippen LogP contribution in [0.5, 0.6) is 0 Å². The van der Waals surface area contributed by atoms with Crippen LogP contribution in [-0.4, -0.2) is 10.2 Å². The third-order valence-electron chi connectivity index (χ3n) is 2.26. The third kappa shape index (κ3) is 2.51. The van der Waals surface area contributed by atoms with Crippen molar-refractivity contribution in [2.45, 2.75) is 39.2 Å². The number of rotatable bonds is 3. The van der Waals surface area contributed by atoms with E-state index in [9.17, 15) is 0 Å². The fourth-order valence-electron chi connectivity index (χ4n) is 0.805. The molecular weight excluding hydrogens is 112 g/mol. The van der Waals surface area contributed by atoms with Crippen LogP contribution < -0.4 is 0 Å². The highest BCUT2D eigenvalue weighted by molar-refractivity contribution is 6.11. The van der Waals surface area contributed by atoms with E-state index in [0.717, 1.165) is 11.5 Å². The molecule has 0 heterocycles. The first kappa shape index (κ1) is 8.22. The van der Waals surface area contributed by atoms with E-state index in [1.54, 1.807) is 0 Å². The van der Waals surface area contributed by atoms with E-state index < -0.39 is 0 Å². The molecule has 0 nitrogen and oxygen atoms in total. The second-order valence-corrected chi connectivity index (χ2v) is 4.25. The first-order valence-electron chi connectivity index (χ1n) is 3.72. The summed E-state index contributed by atoms with van der Waals surface area (Å²) < 4.78 is 0. The Bertz CT molecular complexity index is 44.3. The van der Waals surface area contributed by atoms with Crippen molar-refractivity contribution in [2.24, 2.45) is 5.92 Å². The van der Waals surface area contributed by atoms with Crippen LogP contribution in [-0.2, 0) is 0 Å². The van der Waals surface area contributed by atoms with E-state index in [2.05, 4.69) is 20.8 Å². The molecule has 0 aromatic carbocycles. The molecule has 0 aromatic heterocycles. The Balaban J connectivity index is 3.29. The minimum Gasteiger partial charge on any atom is -0.0654 e. The van der Waals surface area contributed by atoms with Gasteiger partial charge in [0, 0.05) is 10.2 Å². The number of hydrogen-bond donors (Lipinski definition) is 0. The molecular formula is C7H18Si. The fraction of sp³-hybridized carbons (Fsp3) is 1.00. The van der Waals surface area contributed by atoms with Crippen LogP contribution in [0, 0.1) is 5.92 Å². The molecule has 0 aliphatic rings. The van der Waals surface area contributed by atoms with E-state index >= 15 is 0 Å². The van der Waals surface area contributed by atoms with Crippen LogP contribution in [0.15, 0.2) is 0 Å². The molecule has 0 aliphatic carbocycles. The quantitative estimate of drug-likeness (QED) is 0.509. The molecule has 0 N–H and O–H groups in total. The Morgan fingerprint density at radius 3 is 1.88 bits per heavy atom. The standard InChI is InChI=1S/C7H18Si/c1-4-6(3)7(8)5-2/h6-7H,4-5H2,1-3,8H3. The minimum absolute atomic E-state index is 0.978. The summed E-state index contributed by atoms with van der Waals surface area (Å²) in [5, 5.41) is 0. The second-order valence-electron chi connectivity index (χ2n) is 2.77. The molecule has 0 rings (SSSR count). The molecule has 0 aromatic rings. The Morgan fingerprint density at radius 2 is 1.75 bits per heavy atom. The first-order valence-corrected chi connectivity index (χ1v) is 4.87. The van der Waals surface area contributed by atoms with Crippen LogP contribution in [0.25, 0.3) is 0 Å². The Labute approximate surface area is 56.1 Å². The zero-order valence-corrected chi connectivity index (χ0v) is 8.57. The highest BCUT2D eigenvalue weighted by atomic mass is 28.1. The van der Waals surface area contributed by atoms with Gasteiger partial charge >= 0.3 is 0 Å². The maximum Gasteiger partial charge on any atom is 0.00705 e. The van der Waals surface area contributed by atoms with Crippen molar-refractivity contribution >= 4 is 10.2 Å². The van der Waals surface area contributed by atoms with Crippen molar-refractivity contribution in [1.29, 1.82) is 0 Å². The molecule has 0 spiro atoms. The summed E-state index contributed by atoms with van der Waals surface area (Å²) in [6.07, 6.45) is 2.75. The molecule has 0 saturated carbocycles. The van der Waals surface area contributed by atoms with Crippen molar-refractivity contribution in [1.82, 2.24) is 0 Å². The maximum atomic E-state index is 2.36. The van der Waals surface area contributed by atoms with Crippen LogP contribution in [0.3, 0.4) is 0 Å². The van der Waals surface area contributed by atoms with Crippen molar-refractivity contribution in [3.63, 3.8) is 0 Å². The molecule has 1 heteroatoms. The summed E-state index contributed by atoms with van der Waals surface area (Å²) in [5.41, 5.74) is 1.06.